The summed E-state index contributed by atoms with van der Waals surface area (Å²) in [5.41, 5.74) is 0.903. The van der Waals surface area contributed by atoms with Gasteiger partial charge in [0.1, 0.15) is 11.9 Å². The average molecular weight is 390 g/mol. The molecule has 2 amide bonds. The zero-order valence-corrected chi connectivity index (χ0v) is 18.5. The quantitative estimate of drug-likeness (QED) is 0.828. The van der Waals surface area contributed by atoms with Crippen LogP contribution in [0.1, 0.15) is 63.5 Å². The summed E-state index contributed by atoms with van der Waals surface area (Å²) < 4.78 is 2.11. The lowest BCUT2D eigenvalue weighted by Gasteiger charge is -2.30. The number of hydrogen-bond acceptors (Lipinski definition) is 4. The molecule has 0 fully saturated rings. The number of carbonyl (C=O) groups is 2. The first-order chi connectivity index (χ1) is 12.8. The summed E-state index contributed by atoms with van der Waals surface area (Å²) in [6.07, 6.45) is 4.09. The number of imidazole rings is 1. The van der Waals surface area contributed by atoms with Gasteiger partial charge in [0.25, 0.3) is 5.91 Å². The van der Waals surface area contributed by atoms with Crippen LogP contribution in [-0.2, 0) is 17.9 Å². The van der Waals surface area contributed by atoms with Crippen molar-refractivity contribution in [3.05, 3.63) is 23.3 Å². The molecule has 0 saturated heterocycles. The van der Waals surface area contributed by atoms with Crippen molar-refractivity contribution in [1.29, 1.82) is 0 Å². The molecule has 0 radical (unpaired) electrons. The van der Waals surface area contributed by atoms with E-state index < -0.39 is 11.5 Å². The Morgan fingerprint density at radius 3 is 2.32 bits per heavy atom. The highest BCUT2D eigenvalue weighted by Crippen LogP contribution is 2.24. The fraction of sp³-hybridized carbons (Fsp3) is 0.667. The van der Waals surface area contributed by atoms with E-state index in [1.54, 1.807) is 7.05 Å². The first-order valence-corrected chi connectivity index (χ1v) is 9.83. The smallest absolute Gasteiger partial charge is 0.272 e. The van der Waals surface area contributed by atoms with E-state index in [9.17, 15) is 9.59 Å². The maximum atomic E-state index is 13.1. The van der Waals surface area contributed by atoms with E-state index in [1.807, 2.05) is 33.9 Å². The summed E-state index contributed by atoms with van der Waals surface area (Å²) in [6, 6.07) is -0.641. The summed E-state index contributed by atoms with van der Waals surface area (Å²) in [5, 5.41) is 5.55. The van der Waals surface area contributed by atoms with Crippen LogP contribution in [0.2, 0.25) is 0 Å². The highest BCUT2D eigenvalue weighted by Gasteiger charge is 2.34. The Bertz CT molecular complexity index is 765. The molecular weight excluding hydrogens is 354 g/mol. The zero-order valence-electron chi connectivity index (χ0n) is 18.5. The molecule has 1 atom stereocenters. The van der Waals surface area contributed by atoms with Gasteiger partial charge in [-0.05, 0) is 24.0 Å². The second-order valence-corrected chi connectivity index (χ2v) is 9.74. The van der Waals surface area contributed by atoms with Crippen LogP contribution in [0.4, 0.5) is 0 Å². The van der Waals surface area contributed by atoms with Crippen LogP contribution in [0, 0.1) is 10.8 Å². The SMILES string of the molecule is CNC(=O)[C@@H](NC(=O)c1nc(C=CC(C)(C)C)n2c1CN(C)CC2)C(C)(C)C. The number of likely N-dealkylation sites (N-methyl/N-ethyl adjacent to an activating group) is 2. The number of amides is 2. The maximum Gasteiger partial charge on any atom is 0.272 e. The minimum absolute atomic E-state index is 0.0246. The third kappa shape index (κ3) is 5.22. The van der Waals surface area contributed by atoms with Gasteiger partial charge >= 0.3 is 0 Å². The number of fused-ring (bicyclic) bond motifs is 1. The van der Waals surface area contributed by atoms with Crippen molar-refractivity contribution in [2.24, 2.45) is 10.8 Å². The highest BCUT2D eigenvalue weighted by molar-refractivity contribution is 5.97. The molecular formula is C21H35N5O2. The number of carbonyl (C=O) groups excluding carboxylic acids is 2. The van der Waals surface area contributed by atoms with Crippen LogP contribution in [0.5, 0.6) is 0 Å². The Balaban J connectivity index is 2.41. The van der Waals surface area contributed by atoms with Gasteiger partial charge in [-0.15, -0.1) is 0 Å². The molecule has 1 aromatic rings. The van der Waals surface area contributed by atoms with Crippen LogP contribution >= 0.6 is 0 Å². The predicted molar refractivity (Wildman–Crippen MR) is 112 cm³/mol. The molecule has 1 aliphatic heterocycles. The van der Waals surface area contributed by atoms with Crippen LogP contribution in [0.15, 0.2) is 6.08 Å². The summed E-state index contributed by atoms with van der Waals surface area (Å²) in [7, 11) is 3.61. The molecule has 2 heterocycles. The second kappa shape index (κ2) is 8.07. The molecule has 2 rings (SSSR count). The second-order valence-electron chi connectivity index (χ2n) is 9.74. The summed E-state index contributed by atoms with van der Waals surface area (Å²) in [5.74, 6) is 0.271. The standard InChI is InChI=1S/C21H35N5O2/c1-20(2,3)10-9-15-23-16(14-13-25(8)11-12-26(14)15)18(27)24-17(19(28)22-7)21(4,5)6/h9-10,17H,11-13H2,1-8H3,(H,22,28)(H,24,27)/t17-/m1/s1. The molecule has 7 nitrogen and oxygen atoms in total. The van der Waals surface area contributed by atoms with Crippen molar-refractivity contribution in [3.8, 4) is 0 Å². The molecule has 0 bridgehead atoms. The van der Waals surface area contributed by atoms with Crippen molar-refractivity contribution in [3.63, 3.8) is 0 Å². The molecule has 2 N–H and O–H groups in total. The summed E-state index contributed by atoms with van der Waals surface area (Å²) in [6.45, 7) is 14.5. The number of aromatic nitrogens is 2. The van der Waals surface area contributed by atoms with Gasteiger partial charge in [-0.25, -0.2) is 4.98 Å². The number of nitrogens with zero attached hydrogens (tertiary/aromatic N) is 3. The lowest BCUT2D eigenvalue weighted by atomic mass is 9.86. The first kappa shape index (κ1) is 22.1. The third-order valence-corrected chi connectivity index (χ3v) is 4.82. The third-order valence-electron chi connectivity index (χ3n) is 4.82. The van der Waals surface area contributed by atoms with Gasteiger partial charge in [0.2, 0.25) is 5.91 Å². The first-order valence-electron chi connectivity index (χ1n) is 9.83. The monoisotopic (exact) mass is 389 g/mol. The van der Waals surface area contributed by atoms with E-state index in [2.05, 4.69) is 51.9 Å². The molecule has 7 heteroatoms. The van der Waals surface area contributed by atoms with Crippen LogP contribution < -0.4 is 10.6 Å². The van der Waals surface area contributed by atoms with Gasteiger partial charge in [0.05, 0.1) is 5.69 Å². The van der Waals surface area contributed by atoms with Crippen LogP contribution in [0.25, 0.3) is 6.08 Å². The Morgan fingerprint density at radius 1 is 1.14 bits per heavy atom. The molecule has 1 aliphatic rings. The molecule has 0 unspecified atom stereocenters. The minimum atomic E-state index is -0.641. The summed E-state index contributed by atoms with van der Waals surface area (Å²) in [4.78, 5) is 32.2. The van der Waals surface area contributed by atoms with Crippen molar-refractivity contribution >= 4 is 17.9 Å². The number of allylic oxidation sites excluding steroid dienone is 1. The predicted octanol–water partition coefficient (Wildman–Crippen LogP) is 2.28. The van der Waals surface area contributed by atoms with E-state index >= 15 is 0 Å². The Morgan fingerprint density at radius 2 is 1.79 bits per heavy atom. The van der Waals surface area contributed by atoms with Crippen molar-refractivity contribution in [2.75, 3.05) is 20.6 Å². The van der Waals surface area contributed by atoms with Crippen LogP contribution in [-0.4, -0.2) is 52.9 Å². The van der Waals surface area contributed by atoms with E-state index in [0.717, 1.165) is 24.6 Å². The maximum absolute atomic E-state index is 13.1. The molecule has 0 aromatic carbocycles. The van der Waals surface area contributed by atoms with E-state index in [1.165, 1.54) is 0 Å². The van der Waals surface area contributed by atoms with Crippen molar-refractivity contribution < 1.29 is 9.59 Å². The van der Waals surface area contributed by atoms with Gasteiger partial charge in [0, 0.05) is 26.7 Å². The minimum Gasteiger partial charge on any atom is -0.357 e. The summed E-state index contributed by atoms with van der Waals surface area (Å²) >= 11 is 0. The van der Waals surface area contributed by atoms with Crippen molar-refractivity contribution in [2.45, 2.75) is 60.7 Å². The highest BCUT2D eigenvalue weighted by atomic mass is 16.2. The van der Waals surface area contributed by atoms with E-state index in [4.69, 9.17) is 0 Å². The molecule has 1 aromatic heterocycles. The lowest BCUT2D eigenvalue weighted by Crippen LogP contribution is -2.53. The largest absolute Gasteiger partial charge is 0.357 e. The Labute approximate surface area is 168 Å². The topological polar surface area (TPSA) is 79.3 Å². The van der Waals surface area contributed by atoms with E-state index in [0.29, 0.717) is 12.2 Å². The number of rotatable bonds is 4. The van der Waals surface area contributed by atoms with Gasteiger partial charge in [-0.2, -0.15) is 0 Å². The molecule has 0 saturated carbocycles. The van der Waals surface area contributed by atoms with Gasteiger partial charge in [-0.3, -0.25) is 14.5 Å². The van der Waals surface area contributed by atoms with E-state index in [-0.39, 0.29) is 17.2 Å². The molecule has 28 heavy (non-hydrogen) atoms. The van der Waals surface area contributed by atoms with Crippen LogP contribution in [0.3, 0.4) is 0 Å². The zero-order chi connectivity index (χ0) is 21.3. The average Bonchev–Trinajstić information content (AvgIpc) is 2.93. The number of nitrogens with one attached hydrogen (secondary N) is 2. The van der Waals surface area contributed by atoms with Crippen molar-refractivity contribution in [1.82, 2.24) is 25.1 Å². The normalized spacial score (nSPS) is 16.7. The molecule has 0 aliphatic carbocycles. The number of hydrogen-bond donors (Lipinski definition) is 2. The molecule has 0 spiro atoms. The Hall–Kier alpha value is -2.15. The van der Waals surface area contributed by atoms with Gasteiger partial charge < -0.3 is 15.2 Å². The lowest BCUT2D eigenvalue weighted by molar-refractivity contribution is -0.124. The fourth-order valence-corrected chi connectivity index (χ4v) is 3.17. The molecule has 156 valence electrons. The van der Waals surface area contributed by atoms with Gasteiger partial charge in [0.15, 0.2) is 5.69 Å². The Kier molecular flexibility index (Phi) is 6.38. The fourth-order valence-electron chi connectivity index (χ4n) is 3.17. The van der Waals surface area contributed by atoms with Gasteiger partial charge in [-0.1, -0.05) is 47.6 Å².